The van der Waals surface area contributed by atoms with Gasteiger partial charge in [-0.25, -0.2) is 0 Å². The second kappa shape index (κ2) is 5.41. The Balaban J connectivity index is 1.68. The van der Waals surface area contributed by atoms with Crippen molar-refractivity contribution in [3.63, 3.8) is 0 Å². The van der Waals surface area contributed by atoms with E-state index in [4.69, 9.17) is 0 Å². The zero-order valence-electron chi connectivity index (χ0n) is 8.95. The Morgan fingerprint density at radius 2 is 1.29 bits per heavy atom. The van der Waals surface area contributed by atoms with Gasteiger partial charge in [0.15, 0.2) is 0 Å². The molecule has 2 rings (SSSR count). The van der Waals surface area contributed by atoms with Crippen molar-refractivity contribution < 1.29 is 5.11 Å². The summed E-state index contributed by atoms with van der Waals surface area (Å²) in [4.78, 5) is 0. The fraction of sp³-hybridized carbons (Fsp3) is 1.00. The highest BCUT2D eigenvalue weighted by atomic mass is 32.2. The number of hydrogen-bond acceptors (Lipinski definition) is 2. The largest absolute Gasteiger partial charge is 0.393 e. The zero-order chi connectivity index (χ0) is 9.80. The lowest BCUT2D eigenvalue weighted by molar-refractivity contribution is 0.132. The van der Waals surface area contributed by atoms with E-state index in [0.717, 1.165) is 23.3 Å². The third kappa shape index (κ3) is 3.16. The Kier molecular flexibility index (Phi) is 4.18. The fourth-order valence-corrected chi connectivity index (χ4v) is 4.35. The molecule has 0 radical (unpaired) electrons. The summed E-state index contributed by atoms with van der Waals surface area (Å²) in [6.45, 7) is 0. The highest BCUT2D eigenvalue weighted by Crippen LogP contribution is 2.36. The minimum Gasteiger partial charge on any atom is -0.393 e. The summed E-state index contributed by atoms with van der Waals surface area (Å²) >= 11 is 2.23. The fourth-order valence-electron chi connectivity index (χ4n) is 2.65. The number of aliphatic hydroxyl groups excluding tert-OH is 1. The van der Waals surface area contributed by atoms with Crippen LogP contribution in [0, 0.1) is 0 Å². The first-order chi connectivity index (χ1) is 6.84. The molecule has 2 aliphatic rings. The third-order valence-corrected chi connectivity index (χ3v) is 5.29. The van der Waals surface area contributed by atoms with Gasteiger partial charge < -0.3 is 5.11 Å². The summed E-state index contributed by atoms with van der Waals surface area (Å²) in [5, 5.41) is 11.2. The minimum absolute atomic E-state index is 0.0122. The SMILES string of the molecule is OC1CCC(SC2CCCCC2)CC1. The summed E-state index contributed by atoms with van der Waals surface area (Å²) in [5.41, 5.74) is 0. The molecule has 0 bridgehead atoms. The number of hydrogen-bond donors (Lipinski definition) is 1. The van der Waals surface area contributed by atoms with E-state index in [-0.39, 0.29) is 6.10 Å². The van der Waals surface area contributed by atoms with Crippen molar-refractivity contribution in [3.05, 3.63) is 0 Å². The molecule has 0 unspecified atom stereocenters. The van der Waals surface area contributed by atoms with Crippen molar-refractivity contribution in [2.75, 3.05) is 0 Å². The van der Waals surface area contributed by atoms with Crippen molar-refractivity contribution in [3.8, 4) is 0 Å². The molecule has 2 saturated carbocycles. The van der Waals surface area contributed by atoms with Gasteiger partial charge >= 0.3 is 0 Å². The summed E-state index contributed by atoms with van der Waals surface area (Å²) in [6.07, 6.45) is 11.9. The molecule has 0 saturated heterocycles. The Labute approximate surface area is 91.7 Å². The van der Waals surface area contributed by atoms with Crippen LogP contribution >= 0.6 is 11.8 Å². The van der Waals surface area contributed by atoms with Crippen molar-refractivity contribution in [2.24, 2.45) is 0 Å². The van der Waals surface area contributed by atoms with E-state index >= 15 is 0 Å². The minimum atomic E-state index is 0.0122. The summed E-state index contributed by atoms with van der Waals surface area (Å²) in [6, 6.07) is 0. The van der Waals surface area contributed by atoms with Crippen LogP contribution in [0.3, 0.4) is 0 Å². The standard InChI is InChI=1S/C12H22OS/c13-10-6-8-12(9-7-10)14-11-4-2-1-3-5-11/h10-13H,1-9H2. The number of thioether (sulfide) groups is 1. The van der Waals surface area contributed by atoms with Gasteiger partial charge in [-0.1, -0.05) is 19.3 Å². The smallest absolute Gasteiger partial charge is 0.0541 e. The topological polar surface area (TPSA) is 20.2 Å². The lowest BCUT2D eigenvalue weighted by Gasteiger charge is -2.30. The van der Waals surface area contributed by atoms with Gasteiger partial charge in [0.1, 0.15) is 0 Å². The van der Waals surface area contributed by atoms with Crippen LogP contribution in [-0.4, -0.2) is 21.7 Å². The van der Waals surface area contributed by atoms with Gasteiger partial charge in [-0.15, -0.1) is 0 Å². The molecule has 0 aromatic carbocycles. The zero-order valence-corrected chi connectivity index (χ0v) is 9.77. The van der Waals surface area contributed by atoms with Gasteiger partial charge in [0.25, 0.3) is 0 Å². The van der Waals surface area contributed by atoms with Gasteiger partial charge in [0.05, 0.1) is 6.10 Å². The molecule has 0 spiro atoms. The lowest BCUT2D eigenvalue weighted by Crippen LogP contribution is -2.22. The van der Waals surface area contributed by atoms with E-state index in [2.05, 4.69) is 11.8 Å². The summed E-state index contributed by atoms with van der Waals surface area (Å²) < 4.78 is 0. The Morgan fingerprint density at radius 1 is 0.714 bits per heavy atom. The van der Waals surface area contributed by atoms with Crippen molar-refractivity contribution in [1.29, 1.82) is 0 Å². The van der Waals surface area contributed by atoms with Crippen LogP contribution in [0.25, 0.3) is 0 Å². The van der Waals surface area contributed by atoms with E-state index in [1.807, 2.05) is 0 Å². The predicted molar refractivity (Wildman–Crippen MR) is 62.7 cm³/mol. The number of rotatable bonds is 2. The average molecular weight is 214 g/mol. The summed E-state index contributed by atoms with van der Waals surface area (Å²) in [7, 11) is 0. The van der Waals surface area contributed by atoms with Gasteiger partial charge in [0, 0.05) is 10.5 Å². The van der Waals surface area contributed by atoms with E-state index < -0.39 is 0 Å². The highest BCUT2D eigenvalue weighted by Gasteiger charge is 2.23. The lowest BCUT2D eigenvalue weighted by atomic mass is 9.97. The maximum absolute atomic E-state index is 9.42. The third-order valence-electron chi connectivity index (χ3n) is 3.58. The van der Waals surface area contributed by atoms with Crippen LogP contribution in [0.1, 0.15) is 57.8 Å². The molecule has 1 N–H and O–H groups in total. The molecule has 14 heavy (non-hydrogen) atoms. The molecule has 2 aliphatic carbocycles. The first-order valence-electron chi connectivity index (χ1n) is 6.18. The maximum atomic E-state index is 9.42. The molecular formula is C12H22OS. The maximum Gasteiger partial charge on any atom is 0.0541 e. The molecule has 2 fully saturated rings. The van der Waals surface area contributed by atoms with Crippen LogP contribution in [0.2, 0.25) is 0 Å². The van der Waals surface area contributed by atoms with Gasteiger partial charge in [-0.2, -0.15) is 11.8 Å². The molecule has 82 valence electrons. The molecule has 0 aromatic rings. The van der Waals surface area contributed by atoms with Crippen molar-refractivity contribution in [2.45, 2.75) is 74.4 Å². The van der Waals surface area contributed by atoms with E-state index in [0.29, 0.717) is 0 Å². The van der Waals surface area contributed by atoms with Gasteiger partial charge in [-0.05, 0) is 38.5 Å². The van der Waals surface area contributed by atoms with Crippen LogP contribution in [-0.2, 0) is 0 Å². The van der Waals surface area contributed by atoms with Crippen LogP contribution < -0.4 is 0 Å². The van der Waals surface area contributed by atoms with Crippen molar-refractivity contribution >= 4 is 11.8 Å². The van der Waals surface area contributed by atoms with Gasteiger partial charge in [0.2, 0.25) is 0 Å². The van der Waals surface area contributed by atoms with Crippen LogP contribution in [0.4, 0.5) is 0 Å². The van der Waals surface area contributed by atoms with Crippen LogP contribution in [0.5, 0.6) is 0 Å². The monoisotopic (exact) mass is 214 g/mol. The second-order valence-corrected chi connectivity index (χ2v) is 6.43. The molecular weight excluding hydrogens is 192 g/mol. The van der Waals surface area contributed by atoms with E-state index in [1.54, 1.807) is 0 Å². The Hall–Kier alpha value is 0.310. The molecule has 0 heterocycles. The Morgan fingerprint density at radius 3 is 1.93 bits per heavy atom. The molecule has 0 aromatic heterocycles. The molecule has 0 aliphatic heterocycles. The van der Waals surface area contributed by atoms with Crippen LogP contribution in [0.15, 0.2) is 0 Å². The number of aliphatic hydroxyl groups is 1. The van der Waals surface area contributed by atoms with E-state index in [9.17, 15) is 5.11 Å². The molecule has 1 nitrogen and oxygen atoms in total. The first-order valence-corrected chi connectivity index (χ1v) is 7.12. The Bertz CT molecular complexity index is 158. The highest BCUT2D eigenvalue weighted by molar-refractivity contribution is 8.00. The quantitative estimate of drug-likeness (QED) is 0.760. The second-order valence-electron chi connectivity index (χ2n) is 4.83. The molecule has 2 heteroatoms. The normalized spacial score (nSPS) is 35.8. The molecule has 0 amide bonds. The average Bonchev–Trinajstić information content (AvgIpc) is 2.23. The van der Waals surface area contributed by atoms with Gasteiger partial charge in [-0.3, -0.25) is 0 Å². The van der Waals surface area contributed by atoms with E-state index in [1.165, 1.54) is 44.9 Å². The first kappa shape index (κ1) is 10.8. The predicted octanol–water partition coefficient (Wildman–Crippen LogP) is 3.36. The van der Waals surface area contributed by atoms with Crippen molar-refractivity contribution in [1.82, 2.24) is 0 Å². The summed E-state index contributed by atoms with van der Waals surface area (Å²) in [5.74, 6) is 0. The molecule has 0 atom stereocenters.